The van der Waals surface area contributed by atoms with E-state index in [0.717, 1.165) is 26.2 Å². The predicted octanol–water partition coefficient (Wildman–Crippen LogP) is 5.05. The number of anilines is 2. The van der Waals surface area contributed by atoms with Crippen LogP contribution in [0.5, 0.6) is 0 Å². The molecule has 0 bridgehead atoms. The summed E-state index contributed by atoms with van der Waals surface area (Å²) in [6.45, 7) is 13.0. The number of hydrogen-bond donors (Lipinski definition) is 0. The molecular formula is C20H28N2. The van der Waals surface area contributed by atoms with E-state index in [9.17, 15) is 0 Å². The zero-order valence-corrected chi connectivity index (χ0v) is 14.3. The first kappa shape index (κ1) is 16.4. The summed E-state index contributed by atoms with van der Waals surface area (Å²) in [6, 6.07) is 17.8. The summed E-state index contributed by atoms with van der Waals surface area (Å²) in [7, 11) is 0. The minimum Gasteiger partial charge on any atom is -0.372 e. The molecule has 2 heteroatoms. The Kier molecular flexibility index (Phi) is 5.88. The molecule has 0 aliphatic heterocycles. The van der Waals surface area contributed by atoms with Crippen molar-refractivity contribution in [3.8, 4) is 11.1 Å². The first-order chi connectivity index (χ1) is 10.7. The molecule has 0 heterocycles. The lowest BCUT2D eigenvalue weighted by atomic mass is 10.0. The van der Waals surface area contributed by atoms with Crippen molar-refractivity contribution in [3.63, 3.8) is 0 Å². The average Bonchev–Trinajstić information content (AvgIpc) is 2.58. The molecule has 0 N–H and O–H groups in total. The third-order valence-corrected chi connectivity index (χ3v) is 4.30. The normalized spacial score (nSPS) is 10.5. The molecule has 118 valence electrons. The van der Waals surface area contributed by atoms with Gasteiger partial charge in [0.2, 0.25) is 0 Å². The fourth-order valence-electron chi connectivity index (χ4n) is 2.92. The van der Waals surface area contributed by atoms with Crippen LogP contribution in [0.25, 0.3) is 11.1 Å². The van der Waals surface area contributed by atoms with Crippen LogP contribution in [0.3, 0.4) is 0 Å². The number of hydrogen-bond acceptors (Lipinski definition) is 2. The number of nitrogens with zero attached hydrogens (tertiary/aromatic N) is 2. The molecule has 0 aliphatic rings. The quantitative estimate of drug-likeness (QED) is 0.705. The van der Waals surface area contributed by atoms with Crippen LogP contribution in [0, 0.1) is 0 Å². The summed E-state index contributed by atoms with van der Waals surface area (Å²) in [5, 5.41) is 0. The molecule has 0 saturated heterocycles. The van der Waals surface area contributed by atoms with Gasteiger partial charge < -0.3 is 9.80 Å². The van der Waals surface area contributed by atoms with Crippen LogP contribution >= 0.6 is 0 Å². The van der Waals surface area contributed by atoms with Gasteiger partial charge in [0.25, 0.3) is 0 Å². The van der Waals surface area contributed by atoms with Crippen molar-refractivity contribution in [1.29, 1.82) is 0 Å². The molecule has 0 aliphatic carbocycles. The summed E-state index contributed by atoms with van der Waals surface area (Å²) in [5.74, 6) is 0. The van der Waals surface area contributed by atoms with Gasteiger partial charge in [-0.25, -0.2) is 0 Å². The Bertz CT molecular complexity index is 567. The highest BCUT2D eigenvalue weighted by atomic mass is 15.1. The summed E-state index contributed by atoms with van der Waals surface area (Å²) in [4.78, 5) is 4.75. The first-order valence-corrected chi connectivity index (χ1v) is 8.43. The van der Waals surface area contributed by atoms with Crippen molar-refractivity contribution in [3.05, 3.63) is 48.5 Å². The second-order valence-corrected chi connectivity index (χ2v) is 5.44. The lowest BCUT2D eigenvalue weighted by Crippen LogP contribution is -2.21. The number of benzene rings is 2. The van der Waals surface area contributed by atoms with E-state index in [-0.39, 0.29) is 0 Å². The average molecular weight is 296 g/mol. The van der Waals surface area contributed by atoms with E-state index in [4.69, 9.17) is 0 Å². The molecule has 2 aromatic carbocycles. The maximum atomic E-state index is 2.38. The molecule has 0 unspecified atom stereocenters. The van der Waals surface area contributed by atoms with E-state index in [1.807, 2.05) is 0 Å². The van der Waals surface area contributed by atoms with Gasteiger partial charge in [0.15, 0.2) is 0 Å². The van der Waals surface area contributed by atoms with E-state index in [1.165, 1.54) is 22.5 Å². The molecule has 0 amide bonds. The first-order valence-electron chi connectivity index (χ1n) is 8.43. The van der Waals surface area contributed by atoms with Gasteiger partial charge in [-0.3, -0.25) is 0 Å². The summed E-state index contributed by atoms with van der Waals surface area (Å²) >= 11 is 0. The summed E-state index contributed by atoms with van der Waals surface area (Å²) in [6.07, 6.45) is 0. The Labute approximate surface area is 135 Å². The molecule has 0 atom stereocenters. The Morgan fingerprint density at radius 3 is 1.68 bits per heavy atom. The second kappa shape index (κ2) is 7.88. The molecule has 0 aromatic heterocycles. The summed E-state index contributed by atoms with van der Waals surface area (Å²) in [5.41, 5.74) is 5.17. The molecule has 2 aromatic rings. The van der Waals surface area contributed by atoms with Crippen LogP contribution in [-0.2, 0) is 0 Å². The second-order valence-electron chi connectivity index (χ2n) is 5.44. The van der Waals surface area contributed by atoms with E-state index in [2.05, 4.69) is 86.0 Å². The SMILES string of the molecule is CCN(CC)c1ccc(-c2cccc(N(CC)CC)c2)cc1. The lowest BCUT2D eigenvalue weighted by Gasteiger charge is -2.22. The molecule has 0 saturated carbocycles. The fourth-order valence-corrected chi connectivity index (χ4v) is 2.92. The summed E-state index contributed by atoms with van der Waals surface area (Å²) < 4.78 is 0. The van der Waals surface area contributed by atoms with Gasteiger partial charge in [0.05, 0.1) is 0 Å². The van der Waals surface area contributed by atoms with Crippen LogP contribution in [0.1, 0.15) is 27.7 Å². The monoisotopic (exact) mass is 296 g/mol. The molecule has 0 spiro atoms. The van der Waals surface area contributed by atoms with Crippen LogP contribution in [0.2, 0.25) is 0 Å². The minimum atomic E-state index is 1.04. The van der Waals surface area contributed by atoms with Gasteiger partial charge in [0.1, 0.15) is 0 Å². The van der Waals surface area contributed by atoms with Crippen molar-refractivity contribution >= 4 is 11.4 Å². The van der Waals surface area contributed by atoms with Crippen LogP contribution in [0.4, 0.5) is 11.4 Å². The van der Waals surface area contributed by atoms with E-state index < -0.39 is 0 Å². The van der Waals surface area contributed by atoms with Gasteiger partial charge in [-0.2, -0.15) is 0 Å². The van der Waals surface area contributed by atoms with Crippen molar-refractivity contribution in [2.75, 3.05) is 36.0 Å². The van der Waals surface area contributed by atoms with Gasteiger partial charge in [0, 0.05) is 37.6 Å². The topological polar surface area (TPSA) is 6.48 Å². The highest BCUT2D eigenvalue weighted by molar-refractivity contribution is 5.70. The highest BCUT2D eigenvalue weighted by Crippen LogP contribution is 2.26. The van der Waals surface area contributed by atoms with Gasteiger partial charge in [-0.05, 0) is 63.1 Å². The maximum absolute atomic E-state index is 2.38. The van der Waals surface area contributed by atoms with Crippen LogP contribution < -0.4 is 9.80 Å². The molecule has 0 fully saturated rings. The number of rotatable bonds is 7. The van der Waals surface area contributed by atoms with Crippen molar-refractivity contribution in [2.24, 2.45) is 0 Å². The molecule has 22 heavy (non-hydrogen) atoms. The van der Waals surface area contributed by atoms with E-state index >= 15 is 0 Å². The van der Waals surface area contributed by atoms with Crippen molar-refractivity contribution < 1.29 is 0 Å². The third-order valence-electron chi connectivity index (χ3n) is 4.30. The fraction of sp³-hybridized carbons (Fsp3) is 0.400. The largest absolute Gasteiger partial charge is 0.372 e. The maximum Gasteiger partial charge on any atom is 0.0372 e. The Morgan fingerprint density at radius 1 is 0.591 bits per heavy atom. The van der Waals surface area contributed by atoms with Crippen molar-refractivity contribution in [2.45, 2.75) is 27.7 Å². The van der Waals surface area contributed by atoms with Gasteiger partial charge >= 0.3 is 0 Å². The zero-order chi connectivity index (χ0) is 15.9. The van der Waals surface area contributed by atoms with Crippen LogP contribution in [-0.4, -0.2) is 26.2 Å². The van der Waals surface area contributed by atoms with Gasteiger partial charge in [-0.15, -0.1) is 0 Å². The van der Waals surface area contributed by atoms with Gasteiger partial charge in [-0.1, -0.05) is 24.3 Å². The molecule has 2 nitrogen and oxygen atoms in total. The Morgan fingerprint density at radius 2 is 1.14 bits per heavy atom. The molecule has 2 rings (SSSR count). The Balaban J connectivity index is 2.26. The Hall–Kier alpha value is -1.96. The zero-order valence-electron chi connectivity index (χ0n) is 14.3. The molecular weight excluding hydrogens is 268 g/mol. The van der Waals surface area contributed by atoms with Crippen molar-refractivity contribution in [1.82, 2.24) is 0 Å². The van der Waals surface area contributed by atoms with Crippen LogP contribution in [0.15, 0.2) is 48.5 Å². The highest BCUT2D eigenvalue weighted by Gasteiger charge is 2.05. The third kappa shape index (κ3) is 3.62. The minimum absolute atomic E-state index is 1.04. The van der Waals surface area contributed by atoms with E-state index in [1.54, 1.807) is 0 Å². The predicted molar refractivity (Wildman–Crippen MR) is 99.0 cm³/mol. The van der Waals surface area contributed by atoms with E-state index in [0.29, 0.717) is 0 Å². The standard InChI is InChI=1S/C20H28N2/c1-5-21(6-2)19-14-12-17(13-15-19)18-10-9-11-20(16-18)22(7-3)8-4/h9-16H,5-8H2,1-4H3. The molecule has 0 radical (unpaired) electrons. The lowest BCUT2D eigenvalue weighted by molar-refractivity contribution is 0.866. The smallest absolute Gasteiger partial charge is 0.0372 e.